The molecule has 113 valence electrons. The summed E-state index contributed by atoms with van der Waals surface area (Å²) in [7, 11) is 0. The van der Waals surface area contributed by atoms with Gasteiger partial charge in [-0.25, -0.2) is 0 Å². The van der Waals surface area contributed by atoms with Gasteiger partial charge in [-0.1, -0.05) is 28.1 Å². The summed E-state index contributed by atoms with van der Waals surface area (Å²) in [5.74, 6) is -1.20. The molecule has 2 rings (SSSR count). The number of carbonyl (C=O) groups excluding carboxylic acids is 1. The number of hydrogen-bond donors (Lipinski definition) is 2. The maximum absolute atomic E-state index is 12.4. The van der Waals surface area contributed by atoms with Crippen LogP contribution in [0.2, 0.25) is 0 Å². The second-order valence-corrected chi connectivity index (χ2v) is 5.20. The molecule has 6 heteroatoms. The molecule has 0 amide bonds. The van der Waals surface area contributed by atoms with Crippen LogP contribution >= 0.6 is 15.9 Å². The average molecular weight is 398 g/mol. The van der Waals surface area contributed by atoms with E-state index in [9.17, 15) is 9.59 Å². The van der Waals surface area contributed by atoms with Gasteiger partial charge in [0, 0.05) is 38.4 Å². The second-order valence-electron chi connectivity index (χ2n) is 4.28. The number of rotatable bonds is 4. The van der Waals surface area contributed by atoms with E-state index < -0.39 is 5.97 Å². The first kappa shape index (κ1) is 17.4. The van der Waals surface area contributed by atoms with Gasteiger partial charge in [-0.2, -0.15) is 0 Å². The van der Waals surface area contributed by atoms with Crippen LogP contribution in [0.3, 0.4) is 0 Å². The second kappa shape index (κ2) is 7.41. The molecule has 0 heterocycles. The molecule has 0 spiro atoms. The maximum Gasteiger partial charge on any atom is 0.307 e. The molecule has 2 aromatic rings. The van der Waals surface area contributed by atoms with Crippen LogP contribution in [0.15, 0.2) is 46.9 Å². The van der Waals surface area contributed by atoms with Crippen molar-refractivity contribution >= 4 is 33.4 Å². The van der Waals surface area contributed by atoms with Gasteiger partial charge in [-0.3, -0.25) is 9.59 Å². The van der Waals surface area contributed by atoms with Crippen LogP contribution in [0.25, 0.3) is 0 Å². The number of aliphatic carboxylic acids is 1. The number of ketones is 1. The van der Waals surface area contributed by atoms with E-state index in [1.54, 1.807) is 42.5 Å². The van der Waals surface area contributed by atoms with E-state index in [0.717, 1.165) is 4.47 Å². The third kappa shape index (κ3) is 4.17. The average Bonchev–Trinajstić information content (AvgIpc) is 2.41. The minimum atomic E-state index is -0.982. The number of carbonyl (C=O) groups is 2. The van der Waals surface area contributed by atoms with Crippen molar-refractivity contribution in [2.45, 2.75) is 6.42 Å². The quantitative estimate of drug-likeness (QED) is 0.472. The number of halogens is 1. The van der Waals surface area contributed by atoms with Gasteiger partial charge >= 0.3 is 5.97 Å². The zero-order valence-corrected chi connectivity index (χ0v) is 13.3. The van der Waals surface area contributed by atoms with E-state index in [2.05, 4.69) is 15.9 Å². The molecule has 0 aromatic heterocycles. The molecule has 0 saturated carbocycles. The van der Waals surface area contributed by atoms with E-state index in [-0.39, 0.29) is 35.0 Å². The van der Waals surface area contributed by atoms with E-state index in [4.69, 9.17) is 10.8 Å². The fourth-order valence-electron chi connectivity index (χ4n) is 1.88. The van der Waals surface area contributed by atoms with Crippen LogP contribution in [0.5, 0.6) is 0 Å². The molecular weight excluding hydrogens is 386 g/mol. The standard InChI is InChI=1S/C15H12BrNO3.Cu/c16-11-6-4-9(5-7-11)15(20)12-3-1-2-10(14(12)17)8-13(18)19;/h1-7H,8,17H2,(H,18,19);. The number of benzene rings is 2. The Balaban J connectivity index is 0.00000220. The number of anilines is 1. The Kier molecular flexibility index (Phi) is 6.15. The van der Waals surface area contributed by atoms with Crippen molar-refractivity contribution < 1.29 is 31.8 Å². The summed E-state index contributed by atoms with van der Waals surface area (Å²) in [4.78, 5) is 23.1. The van der Waals surface area contributed by atoms with Crippen LogP contribution in [-0.2, 0) is 28.3 Å². The van der Waals surface area contributed by atoms with Crippen molar-refractivity contribution in [3.05, 3.63) is 63.6 Å². The zero-order chi connectivity index (χ0) is 14.7. The fraction of sp³-hybridized carbons (Fsp3) is 0.0667. The van der Waals surface area contributed by atoms with E-state index in [1.165, 1.54) is 0 Å². The monoisotopic (exact) mass is 396 g/mol. The number of nitrogens with two attached hydrogens (primary N) is 1. The third-order valence-corrected chi connectivity index (χ3v) is 3.42. The number of carboxylic acids is 1. The molecule has 1 radical (unpaired) electrons. The molecule has 0 aliphatic carbocycles. The van der Waals surface area contributed by atoms with Gasteiger partial charge < -0.3 is 10.8 Å². The molecule has 0 bridgehead atoms. The van der Waals surface area contributed by atoms with Gasteiger partial charge in [-0.05, 0) is 35.9 Å². The summed E-state index contributed by atoms with van der Waals surface area (Å²) in [6.07, 6.45) is -0.201. The molecule has 0 saturated heterocycles. The summed E-state index contributed by atoms with van der Waals surface area (Å²) >= 11 is 3.30. The molecule has 0 atom stereocenters. The number of carboxylic acid groups (broad SMARTS) is 1. The Morgan fingerprint density at radius 2 is 1.71 bits per heavy atom. The number of nitrogen functional groups attached to an aromatic ring is 1. The Morgan fingerprint density at radius 3 is 2.29 bits per heavy atom. The van der Waals surface area contributed by atoms with Crippen LogP contribution in [0, 0.1) is 0 Å². The van der Waals surface area contributed by atoms with Crippen molar-refractivity contribution in [3.8, 4) is 0 Å². The van der Waals surface area contributed by atoms with E-state index in [1.807, 2.05) is 0 Å². The molecule has 0 aliphatic heterocycles. The van der Waals surface area contributed by atoms with Crippen molar-refractivity contribution in [2.24, 2.45) is 0 Å². The van der Waals surface area contributed by atoms with E-state index >= 15 is 0 Å². The SMILES string of the molecule is Nc1c(CC(=O)O)cccc1C(=O)c1ccc(Br)cc1.[Cu]. The zero-order valence-electron chi connectivity index (χ0n) is 10.8. The largest absolute Gasteiger partial charge is 0.481 e. The van der Waals surface area contributed by atoms with Crippen molar-refractivity contribution in [3.63, 3.8) is 0 Å². The molecule has 0 aliphatic rings. The van der Waals surface area contributed by atoms with Crippen molar-refractivity contribution in [2.75, 3.05) is 5.73 Å². The van der Waals surface area contributed by atoms with Gasteiger partial charge in [0.25, 0.3) is 0 Å². The van der Waals surface area contributed by atoms with Gasteiger partial charge in [0.05, 0.1) is 6.42 Å². The predicted octanol–water partition coefficient (Wildman–Crippen LogP) is 2.89. The van der Waals surface area contributed by atoms with Gasteiger partial charge in [-0.15, -0.1) is 0 Å². The number of hydrogen-bond acceptors (Lipinski definition) is 3. The summed E-state index contributed by atoms with van der Waals surface area (Å²) in [5.41, 5.74) is 7.41. The molecule has 0 unspecified atom stereocenters. The molecule has 2 aromatic carbocycles. The maximum atomic E-state index is 12.4. The van der Waals surface area contributed by atoms with Crippen LogP contribution in [-0.4, -0.2) is 16.9 Å². The Morgan fingerprint density at radius 1 is 1.10 bits per heavy atom. The summed E-state index contributed by atoms with van der Waals surface area (Å²) < 4.78 is 0.877. The van der Waals surface area contributed by atoms with Gasteiger partial charge in [0.1, 0.15) is 0 Å². The minimum absolute atomic E-state index is 0. The normalized spacial score (nSPS) is 9.76. The van der Waals surface area contributed by atoms with Crippen LogP contribution in [0.4, 0.5) is 5.69 Å². The molecule has 3 N–H and O–H groups in total. The first-order chi connectivity index (χ1) is 9.49. The summed E-state index contributed by atoms with van der Waals surface area (Å²) in [5, 5.41) is 8.82. The van der Waals surface area contributed by atoms with Crippen LogP contribution < -0.4 is 5.73 Å². The first-order valence-electron chi connectivity index (χ1n) is 5.88. The van der Waals surface area contributed by atoms with Crippen molar-refractivity contribution in [1.29, 1.82) is 0 Å². The summed E-state index contributed by atoms with van der Waals surface area (Å²) in [6.45, 7) is 0. The molecular formula is C15H12BrCuNO3. The van der Waals surface area contributed by atoms with E-state index in [0.29, 0.717) is 16.7 Å². The molecule has 4 nitrogen and oxygen atoms in total. The molecule has 21 heavy (non-hydrogen) atoms. The smallest absolute Gasteiger partial charge is 0.307 e. The molecule has 0 fully saturated rings. The Hall–Kier alpha value is -1.62. The Bertz CT molecular complexity index is 671. The minimum Gasteiger partial charge on any atom is -0.481 e. The summed E-state index contributed by atoms with van der Waals surface area (Å²) in [6, 6.07) is 11.8. The first-order valence-corrected chi connectivity index (χ1v) is 6.68. The van der Waals surface area contributed by atoms with Crippen LogP contribution in [0.1, 0.15) is 21.5 Å². The number of para-hydroxylation sites is 1. The topological polar surface area (TPSA) is 80.4 Å². The fourth-order valence-corrected chi connectivity index (χ4v) is 2.15. The van der Waals surface area contributed by atoms with Gasteiger partial charge in [0.2, 0.25) is 0 Å². The third-order valence-electron chi connectivity index (χ3n) is 2.89. The van der Waals surface area contributed by atoms with Gasteiger partial charge in [0.15, 0.2) is 5.78 Å². The Labute approximate surface area is 141 Å². The predicted molar refractivity (Wildman–Crippen MR) is 79.8 cm³/mol. The van der Waals surface area contributed by atoms with Crippen molar-refractivity contribution in [1.82, 2.24) is 0 Å².